The van der Waals surface area contributed by atoms with Crippen molar-refractivity contribution >= 4 is 23.8 Å². The fourth-order valence-electron chi connectivity index (χ4n) is 5.03. The van der Waals surface area contributed by atoms with Crippen LogP contribution in [-0.4, -0.2) is 71.4 Å². The Balaban J connectivity index is 1.96. The van der Waals surface area contributed by atoms with Crippen molar-refractivity contribution in [2.45, 2.75) is 58.3 Å². The number of carbonyl (C=O) groups is 4. The van der Waals surface area contributed by atoms with Crippen LogP contribution in [0.2, 0.25) is 0 Å². The van der Waals surface area contributed by atoms with Crippen LogP contribution in [-0.2, 0) is 25.7 Å². The van der Waals surface area contributed by atoms with E-state index in [0.29, 0.717) is 6.54 Å². The molecule has 2 aliphatic heterocycles. The lowest BCUT2D eigenvalue weighted by Crippen LogP contribution is -2.58. The molecule has 2 aliphatic rings. The second kappa shape index (κ2) is 9.91. The fourth-order valence-corrected chi connectivity index (χ4v) is 5.03. The molecule has 2 fully saturated rings. The number of ether oxygens (including phenoxy) is 1. The van der Waals surface area contributed by atoms with Crippen molar-refractivity contribution in [1.82, 2.24) is 20.4 Å². The number of urea groups is 1. The number of benzene rings is 1. The summed E-state index contributed by atoms with van der Waals surface area (Å²) in [4.78, 5) is 55.5. The lowest BCUT2D eigenvalue weighted by atomic mass is 9.78. The summed E-state index contributed by atoms with van der Waals surface area (Å²) in [6.07, 6.45) is 0.278. The van der Waals surface area contributed by atoms with E-state index in [4.69, 9.17) is 4.74 Å². The summed E-state index contributed by atoms with van der Waals surface area (Å²) in [5.41, 5.74) is -0.494. The van der Waals surface area contributed by atoms with Gasteiger partial charge in [0.2, 0.25) is 11.8 Å². The normalized spacial score (nSPS) is 26.5. The van der Waals surface area contributed by atoms with Crippen LogP contribution >= 0.6 is 0 Å². The zero-order valence-electron chi connectivity index (χ0n) is 20.0. The van der Waals surface area contributed by atoms with E-state index >= 15 is 0 Å². The number of amides is 4. The first-order chi connectivity index (χ1) is 15.7. The first-order valence-electron chi connectivity index (χ1n) is 11.5. The van der Waals surface area contributed by atoms with E-state index in [9.17, 15) is 19.2 Å². The van der Waals surface area contributed by atoms with Gasteiger partial charge >= 0.3 is 12.0 Å². The fraction of sp³-hybridized carbons (Fsp3) is 0.583. The Bertz CT molecular complexity index is 905. The smallest absolute Gasteiger partial charge is 0.326 e. The summed E-state index contributed by atoms with van der Waals surface area (Å²) < 4.78 is 5.08. The summed E-state index contributed by atoms with van der Waals surface area (Å²) in [5, 5.41) is 6.12. The molecule has 0 bridgehead atoms. The minimum atomic E-state index is -1.32. The molecule has 2 heterocycles. The van der Waals surface area contributed by atoms with E-state index in [-0.39, 0.29) is 43.4 Å². The summed E-state index contributed by atoms with van der Waals surface area (Å²) in [7, 11) is 1.28. The van der Waals surface area contributed by atoms with Gasteiger partial charge in [0.05, 0.1) is 25.5 Å². The second-order valence-corrected chi connectivity index (χ2v) is 8.96. The molecule has 180 valence electrons. The van der Waals surface area contributed by atoms with Crippen LogP contribution in [0.4, 0.5) is 4.79 Å². The summed E-state index contributed by atoms with van der Waals surface area (Å²) >= 11 is 0. The first-order valence-corrected chi connectivity index (χ1v) is 11.5. The monoisotopic (exact) mass is 458 g/mol. The number of likely N-dealkylation sites (tertiary alicyclic amines) is 1. The number of methoxy groups -OCH3 is 1. The van der Waals surface area contributed by atoms with E-state index in [1.807, 2.05) is 51.1 Å². The molecule has 0 aliphatic carbocycles. The van der Waals surface area contributed by atoms with Gasteiger partial charge < -0.3 is 15.0 Å². The summed E-state index contributed by atoms with van der Waals surface area (Å²) in [5.74, 6) is -2.93. The molecule has 4 atom stereocenters. The van der Waals surface area contributed by atoms with Crippen molar-refractivity contribution in [3.05, 3.63) is 35.9 Å². The van der Waals surface area contributed by atoms with E-state index < -0.39 is 29.4 Å². The molecule has 0 spiro atoms. The number of nitrogens with zero attached hydrogens (tertiary/aromatic N) is 2. The highest BCUT2D eigenvalue weighted by Crippen LogP contribution is 2.45. The summed E-state index contributed by atoms with van der Waals surface area (Å²) in [6, 6.07) is 8.41. The number of rotatable bonds is 8. The van der Waals surface area contributed by atoms with Crippen molar-refractivity contribution in [1.29, 1.82) is 0 Å². The number of nitrogens with one attached hydrogen (secondary N) is 2. The number of imide groups is 1. The molecular weight excluding hydrogens is 424 g/mol. The van der Waals surface area contributed by atoms with Gasteiger partial charge in [-0.15, -0.1) is 0 Å². The number of likely N-dealkylation sites (N-methyl/N-ethyl adjacent to an activating group) is 1. The first kappa shape index (κ1) is 24.7. The maximum atomic E-state index is 13.5. The third-order valence-corrected chi connectivity index (χ3v) is 6.64. The number of carbonyl (C=O) groups excluding carboxylic acids is 4. The van der Waals surface area contributed by atoms with Gasteiger partial charge in [0.25, 0.3) is 0 Å². The molecule has 2 N–H and O–H groups in total. The highest BCUT2D eigenvalue weighted by molar-refractivity contribution is 6.09. The summed E-state index contributed by atoms with van der Waals surface area (Å²) in [6.45, 7) is 8.14. The average molecular weight is 459 g/mol. The molecule has 0 radical (unpaired) electrons. The van der Waals surface area contributed by atoms with Crippen LogP contribution in [0.1, 0.15) is 39.7 Å². The van der Waals surface area contributed by atoms with Crippen molar-refractivity contribution in [3.8, 4) is 0 Å². The van der Waals surface area contributed by atoms with Gasteiger partial charge in [-0.05, 0) is 32.8 Å². The van der Waals surface area contributed by atoms with Crippen molar-refractivity contribution in [2.24, 2.45) is 11.8 Å². The second-order valence-electron chi connectivity index (χ2n) is 8.96. The molecule has 0 aromatic heterocycles. The zero-order chi connectivity index (χ0) is 24.3. The van der Waals surface area contributed by atoms with E-state index in [2.05, 4.69) is 10.6 Å². The predicted molar refractivity (Wildman–Crippen MR) is 122 cm³/mol. The Morgan fingerprint density at radius 2 is 1.85 bits per heavy atom. The number of hydrogen-bond donors (Lipinski definition) is 2. The van der Waals surface area contributed by atoms with Crippen LogP contribution in [0.25, 0.3) is 0 Å². The molecule has 0 saturated carbocycles. The standard InChI is InChI=1S/C24H34N4O5/c1-6-24(22(31)33-5)19-18(17(26-24)14-27(7-2)23(32)25-15(3)4)20(29)28(21(19)30)13-16-11-9-8-10-12-16/h8-12,15,17-19,26H,6-7,13-14H2,1-5H3,(H,25,32)/t17-,18+,19-,24-/m1/s1. The molecular formula is C24H34N4O5. The quantitative estimate of drug-likeness (QED) is 0.452. The number of esters is 1. The van der Waals surface area contributed by atoms with Crippen molar-refractivity contribution in [2.75, 3.05) is 20.2 Å². The SMILES string of the molecule is CCN(C[C@H]1N[C@@](CC)(C(=O)OC)[C@H]2C(=O)N(Cc3ccccc3)C(=O)[C@@H]12)C(=O)NC(C)C. The molecule has 33 heavy (non-hydrogen) atoms. The Morgan fingerprint density at radius 1 is 1.18 bits per heavy atom. The van der Waals surface area contributed by atoms with Crippen LogP contribution in [0.5, 0.6) is 0 Å². The van der Waals surface area contributed by atoms with E-state index in [0.717, 1.165) is 5.56 Å². The minimum absolute atomic E-state index is 0.0447. The maximum Gasteiger partial charge on any atom is 0.326 e. The molecule has 1 aromatic carbocycles. The molecule has 3 rings (SSSR count). The Morgan fingerprint density at radius 3 is 2.39 bits per heavy atom. The van der Waals surface area contributed by atoms with Gasteiger partial charge in [0.15, 0.2) is 0 Å². The van der Waals surface area contributed by atoms with Crippen LogP contribution in [0, 0.1) is 11.8 Å². The van der Waals surface area contributed by atoms with E-state index in [1.165, 1.54) is 12.0 Å². The van der Waals surface area contributed by atoms with Gasteiger partial charge in [0, 0.05) is 25.2 Å². The van der Waals surface area contributed by atoms with Crippen LogP contribution < -0.4 is 10.6 Å². The highest BCUT2D eigenvalue weighted by atomic mass is 16.5. The van der Waals surface area contributed by atoms with Gasteiger partial charge in [-0.2, -0.15) is 0 Å². The Hall–Kier alpha value is -2.94. The Labute approximate surface area is 194 Å². The van der Waals surface area contributed by atoms with Gasteiger partial charge in [-0.25, -0.2) is 4.79 Å². The van der Waals surface area contributed by atoms with E-state index in [1.54, 1.807) is 11.8 Å². The molecule has 9 heteroatoms. The average Bonchev–Trinajstić information content (AvgIpc) is 3.26. The molecule has 0 unspecified atom stereocenters. The number of fused-ring (bicyclic) bond motifs is 1. The largest absolute Gasteiger partial charge is 0.468 e. The van der Waals surface area contributed by atoms with Gasteiger partial charge in [0.1, 0.15) is 5.54 Å². The van der Waals surface area contributed by atoms with Crippen LogP contribution in [0.15, 0.2) is 30.3 Å². The molecule has 4 amide bonds. The molecule has 2 saturated heterocycles. The third kappa shape index (κ3) is 4.46. The van der Waals surface area contributed by atoms with Crippen molar-refractivity contribution in [3.63, 3.8) is 0 Å². The lowest BCUT2D eigenvalue weighted by molar-refractivity contribution is -0.154. The molecule has 1 aromatic rings. The minimum Gasteiger partial charge on any atom is -0.468 e. The number of hydrogen-bond acceptors (Lipinski definition) is 6. The van der Waals surface area contributed by atoms with Gasteiger partial charge in [-0.3, -0.25) is 24.6 Å². The van der Waals surface area contributed by atoms with Gasteiger partial charge in [-0.1, -0.05) is 37.3 Å². The Kier molecular flexibility index (Phi) is 7.41. The zero-order valence-corrected chi connectivity index (χ0v) is 20.0. The van der Waals surface area contributed by atoms with Crippen molar-refractivity contribution < 1.29 is 23.9 Å². The topological polar surface area (TPSA) is 108 Å². The maximum absolute atomic E-state index is 13.5. The lowest BCUT2D eigenvalue weighted by Gasteiger charge is -2.32. The molecule has 9 nitrogen and oxygen atoms in total. The van der Waals surface area contributed by atoms with Crippen LogP contribution in [0.3, 0.4) is 0 Å². The third-order valence-electron chi connectivity index (χ3n) is 6.64. The predicted octanol–water partition coefficient (Wildman–Crippen LogP) is 1.52. The highest BCUT2D eigenvalue weighted by Gasteiger charge is 2.67.